The van der Waals surface area contributed by atoms with E-state index < -0.39 is 5.97 Å². The third-order valence-corrected chi connectivity index (χ3v) is 1.23. The molecule has 0 bridgehead atoms. The summed E-state index contributed by atoms with van der Waals surface area (Å²) in [5.74, 6) is -1.10. The molecular formula is C7H14N2O3. The summed E-state index contributed by atoms with van der Waals surface area (Å²) in [5, 5.41) is 13.6. The first-order valence-corrected chi connectivity index (χ1v) is 3.72. The average Bonchev–Trinajstić information content (AvgIpc) is 1.84. The maximum Gasteiger partial charge on any atom is 0.305 e. The van der Waals surface area contributed by atoms with Gasteiger partial charge in [0, 0.05) is 6.04 Å². The van der Waals surface area contributed by atoms with Crippen LogP contribution in [0.15, 0.2) is 0 Å². The van der Waals surface area contributed by atoms with E-state index in [0.29, 0.717) is 0 Å². The van der Waals surface area contributed by atoms with Gasteiger partial charge in [-0.15, -0.1) is 0 Å². The Morgan fingerprint density at radius 1 is 1.50 bits per heavy atom. The molecule has 0 aliphatic heterocycles. The molecule has 5 nitrogen and oxygen atoms in total. The molecule has 0 aliphatic rings. The largest absolute Gasteiger partial charge is 0.481 e. The fourth-order valence-electron chi connectivity index (χ4n) is 0.799. The monoisotopic (exact) mass is 174 g/mol. The molecule has 1 atom stereocenters. The van der Waals surface area contributed by atoms with Gasteiger partial charge in [-0.2, -0.15) is 0 Å². The minimum Gasteiger partial charge on any atom is -0.481 e. The first kappa shape index (κ1) is 10.9. The topological polar surface area (TPSA) is 78.4 Å². The second-order valence-corrected chi connectivity index (χ2v) is 2.60. The van der Waals surface area contributed by atoms with Crippen LogP contribution in [0.3, 0.4) is 0 Å². The summed E-state index contributed by atoms with van der Waals surface area (Å²) >= 11 is 0. The van der Waals surface area contributed by atoms with Crippen LogP contribution >= 0.6 is 0 Å². The number of nitrogens with one attached hydrogen (secondary N) is 2. The van der Waals surface area contributed by atoms with Gasteiger partial charge in [0.1, 0.15) is 0 Å². The molecule has 5 heteroatoms. The van der Waals surface area contributed by atoms with Gasteiger partial charge in [0.15, 0.2) is 0 Å². The van der Waals surface area contributed by atoms with Crippen molar-refractivity contribution in [1.82, 2.24) is 10.6 Å². The number of aliphatic carboxylic acids is 1. The highest BCUT2D eigenvalue weighted by molar-refractivity contribution is 5.79. The zero-order valence-electron chi connectivity index (χ0n) is 7.26. The van der Waals surface area contributed by atoms with E-state index in [2.05, 4.69) is 10.6 Å². The quantitative estimate of drug-likeness (QED) is 0.509. The summed E-state index contributed by atoms with van der Waals surface area (Å²) in [6, 6.07) is -0.316. The number of carboxylic acid groups (broad SMARTS) is 1. The summed E-state index contributed by atoms with van der Waals surface area (Å²) in [5.41, 5.74) is 0. The Kier molecular flexibility index (Phi) is 5.03. The van der Waals surface area contributed by atoms with Crippen molar-refractivity contribution < 1.29 is 14.7 Å². The van der Waals surface area contributed by atoms with Crippen molar-refractivity contribution in [3.05, 3.63) is 0 Å². The maximum absolute atomic E-state index is 10.9. The van der Waals surface area contributed by atoms with Gasteiger partial charge >= 0.3 is 5.97 Å². The van der Waals surface area contributed by atoms with Crippen LogP contribution < -0.4 is 10.6 Å². The molecule has 70 valence electrons. The van der Waals surface area contributed by atoms with Gasteiger partial charge in [0.25, 0.3) is 0 Å². The van der Waals surface area contributed by atoms with E-state index in [1.165, 1.54) is 0 Å². The number of carbonyl (C=O) groups excluding carboxylic acids is 1. The number of carbonyl (C=O) groups is 2. The minimum atomic E-state index is -0.910. The number of hydrogen-bond donors (Lipinski definition) is 3. The molecule has 0 aliphatic carbocycles. The van der Waals surface area contributed by atoms with Crippen LogP contribution in [0.25, 0.3) is 0 Å². The van der Waals surface area contributed by atoms with Crippen LogP contribution in [0, 0.1) is 0 Å². The smallest absolute Gasteiger partial charge is 0.305 e. The van der Waals surface area contributed by atoms with E-state index in [1.54, 1.807) is 14.0 Å². The molecule has 12 heavy (non-hydrogen) atoms. The Bertz CT molecular complexity index is 170. The van der Waals surface area contributed by atoms with Crippen molar-refractivity contribution in [2.24, 2.45) is 0 Å². The fraction of sp³-hybridized carbons (Fsp3) is 0.714. The number of rotatable bonds is 5. The third-order valence-electron chi connectivity index (χ3n) is 1.23. The van der Waals surface area contributed by atoms with Crippen molar-refractivity contribution in [2.75, 3.05) is 13.6 Å². The van der Waals surface area contributed by atoms with Gasteiger partial charge in [-0.1, -0.05) is 0 Å². The van der Waals surface area contributed by atoms with Crippen molar-refractivity contribution in [3.8, 4) is 0 Å². The van der Waals surface area contributed by atoms with E-state index in [0.717, 1.165) is 0 Å². The molecule has 0 saturated heterocycles. The highest BCUT2D eigenvalue weighted by Crippen LogP contribution is 1.88. The second-order valence-electron chi connectivity index (χ2n) is 2.60. The summed E-state index contributed by atoms with van der Waals surface area (Å²) in [4.78, 5) is 21.1. The number of hydrogen-bond acceptors (Lipinski definition) is 3. The van der Waals surface area contributed by atoms with Crippen LogP contribution in [0.5, 0.6) is 0 Å². The van der Waals surface area contributed by atoms with Gasteiger partial charge < -0.3 is 15.7 Å². The van der Waals surface area contributed by atoms with Gasteiger partial charge in [-0.3, -0.25) is 9.59 Å². The maximum atomic E-state index is 10.9. The Hall–Kier alpha value is -1.10. The van der Waals surface area contributed by atoms with E-state index in [9.17, 15) is 9.59 Å². The second kappa shape index (κ2) is 5.54. The lowest BCUT2D eigenvalue weighted by Crippen LogP contribution is -2.39. The highest BCUT2D eigenvalue weighted by atomic mass is 16.4. The Balaban J connectivity index is 3.61. The van der Waals surface area contributed by atoms with Crippen molar-refractivity contribution in [3.63, 3.8) is 0 Å². The molecule has 0 saturated carbocycles. The summed E-state index contributed by atoms with van der Waals surface area (Å²) in [7, 11) is 1.65. The standard InChI is InChI=1S/C7H14N2O3/c1-5(3-7(11)12)9-6(10)4-8-2/h5,8H,3-4H2,1-2H3,(H,9,10)(H,11,12)/t5-/m0/s1. The first-order valence-electron chi connectivity index (χ1n) is 3.72. The summed E-state index contributed by atoms with van der Waals surface area (Å²) < 4.78 is 0. The molecule has 0 fully saturated rings. The molecule has 0 heterocycles. The van der Waals surface area contributed by atoms with Crippen LogP contribution in [0.4, 0.5) is 0 Å². The molecule has 0 radical (unpaired) electrons. The summed E-state index contributed by atoms with van der Waals surface area (Å²) in [6.45, 7) is 1.87. The number of carboxylic acids is 1. The Morgan fingerprint density at radius 3 is 2.50 bits per heavy atom. The summed E-state index contributed by atoms with van der Waals surface area (Å²) in [6.07, 6.45) is -0.0462. The fourth-order valence-corrected chi connectivity index (χ4v) is 0.799. The normalized spacial score (nSPS) is 12.2. The molecule has 1 amide bonds. The highest BCUT2D eigenvalue weighted by Gasteiger charge is 2.09. The van der Waals surface area contributed by atoms with E-state index in [4.69, 9.17) is 5.11 Å². The average molecular weight is 174 g/mol. The SMILES string of the molecule is CNCC(=O)N[C@@H](C)CC(=O)O. The lowest BCUT2D eigenvalue weighted by atomic mass is 10.2. The van der Waals surface area contributed by atoms with Crippen molar-refractivity contribution in [2.45, 2.75) is 19.4 Å². The number of amides is 1. The molecule has 0 aromatic heterocycles. The molecule has 0 aromatic carbocycles. The molecule has 3 N–H and O–H groups in total. The zero-order valence-corrected chi connectivity index (χ0v) is 7.26. The zero-order chi connectivity index (χ0) is 9.56. The first-order chi connectivity index (χ1) is 5.56. The van der Waals surface area contributed by atoms with Gasteiger partial charge in [0.05, 0.1) is 13.0 Å². The molecule has 0 unspecified atom stereocenters. The van der Waals surface area contributed by atoms with Crippen molar-refractivity contribution in [1.29, 1.82) is 0 Å². The minimum absolute atomic E-state index is 0.0462. The van der Waals surface area contributed by atoms with E-state index in [1.807, 2.05) is 0 Å². The lowest BCUT2D eigenvalue weighted by molar-refractivity contribution is -0.137. The predicted octanol–water partition coefficient (Wildman–Crippen LogP) is -0.815. The molecule has 0 rings (SSSR count). The van der Waals surface area contributed by atoms with Gasteiger partial charge in [-0.25, -0.2) is 0 Å². The van der Waals surface area contributed by atoms with Gasteiger partial charge in [0.2, 0.25) is 5.91 Å². The van der Waals surface area contributed by atoms with Crippen LogP contribution in [-0.2, 0) is 9.59 Å². The third kappa shape index (κ3) is 5.67. The van der Waals surface area contributed by atoms with Crippen LogP contribution in [0.2, 0.25) is 0 Å². The Labute approximate surface area is 71.1 Å². The Morgan fingerprint density at radius 2 is 2.08 bits per heavy atom. The van der Waals surface area contributed by atoms with Crippen molar-refractivity contribution >= 4 is 11.9 Å². The van der Waals surface area contributed by atoms with E-state index >= 15 is 0 Å². The molecular weight excluding hydrogens is 160 g/mol. The van der Waals surface area contributed by atoms with E-state index in [-0.39, 0.29) is 24.9 Å². The lowest BCUT2D eigenvalue weighted by Gasteiger charge is -2.10. The number of likely N-dealkylation sites (N-methyl/N-ethyl adjacent to an activating group) is 1. The predicted molar refractivity (Wildman–Crippen MR) is 43.8 cm³/mol. The molecule has 0 aromatic rings. The van der Waals surface area contributed by atoms with Gasteiger partial charge in [-0.05, 0) is 14.0 Å². The van der Waals surface area contributed by atoms with Crippen LogP contribution in [-0.4, -0.2) is 36.6 Å². The van der Waals surface area contributed by atoms with Crippen LogP contribution in [0.1, 0.15) is 13.3 Å². The molecule has 0 spiro atoms.